The van der Waals surface area contributed by atoms with Crippen molar-refractivity contribution in [2.24, 2.45) is 0 Å². The van der Waals surface area contributed by atoms with Crippen LogP contribution in [0.2, 0.25) is 0 Å². The summed E-state index contributed by atoms with van der Waals surface area (Å²) in [5, 5.41) is 4.94. The Kier molecular flexibility index (Phi) is 6.30. The van der Waals surface area contributed by atoms with E-state index >= 15 is 0 Å². The Hall–Kier alpha value is -2.31. The number of carbonyl (C=O) groups is 1. The smallest absolute Gasteiger partial charge is 0.279 e. The number of nitrogens with two attached hydrogens (primary N) is 1. The molecule has 3 rings (SSSR count). The van der Waals surface area contributed by atoms with Gasteiger partial charge < -0.3 is 24.9 Å². The first-order valence-corrected chi connectivity index (χ1v) is 9.51. The van der Waals surface area contributed by atoms with Crippen LogP contribution in [-0.2, 0) is 4.79 Å². The molecule has 0 bridgehead atoms. The Bertz CT molecular complexity index is 676. The Morgan fingerprint density at radius 3 is 2.62 bits per heavy atom. The quantitative estimate of drug-likeness (QED) is 0.666. The molecule has 1 aromatic carbocycles. The molecule has 140 valence electrons. The third-order valence-electron chi connectivity index (χ3n) is 5.14. The van der Waals surface area contributed by atoms with Gasteiger partial charge in [0, 0.05) is 11.4 Å². The van der Waals surface area contributed by atoms with Gasteiger partial charge in [0.25, 0.3) is 5.91 Å². The Balaban J connectivity index is 1.45. The number of benzene rings is 1. The average Bonchev–Trinajstić information content (AvgIpc) is 3.22. The number of nitrogens with one attached hydrogen (secondary N) is 2. The van der Waals surface area contributed by atoms with E-state index in [4.69, 9.17) is 4.42 Å². The van der Waals surface area contributed by atoms with Crippen LogP contribution < -0.4 is 20.4 Å². The van der Waals surface area contributed by atoms with Crippen molar-refractivity contribution >= 4 is 17.3 Å². The number of amides is 1. The highest BCUT2D eigenvalue weighted by Crippen LogP contribution is 2.18. The molecular formula is C20H30N4O2+2. The van der Waals surface area contributed by atoms with Crippen molar-refractivity contribution in [2.75, 3.05) is 49.5 Å². The van der Waals surface area contributed by atoms with Crippen LogP contribution in [0.4, 0.5) is 11.4 Å². The first-order valence-electron chi connectivity index (χ1n) is 9.51. The predicted molar refractivity (Wildman–Crippen MR) is 102 cm³/mol. The second kappa shape index (κ2) is 8.87. The molecule has 0 saturated carbocycles. The zero-order valence-corrected chi connectivity index (χ0v) is 15.7. The summed E-state index contributed by atoms with van der Waals surface area (Å²) in [6.45, 7) is 10.4. The average molecular weight is 358 g/mol. The van der Waals surface area contributed by atoms with Crippen LogP contribution in [0.1, 0.15) is 25.6 Å². The molecule has 6 heteroatoms. The SMILES string of the molecule is CC[NH+]1CCN(c2ccc(NC(=O)C[NH2+][C@@H](C)c3ccco3)cc2)CC1. The summed E-state index contributed by atoms with van der Waals surface area (Å²) < 4.78 is 5.36. The minimum absolute atomic E-state index is 0.00341. The standard InChI is InChI=1S/C20H28N4O2/c1-3-23-10-12-24(13-11-23)18-8-6-17(7-9-18)22-20(25)15-21-16(2)19-5-4-14-26-19/h4-9,14,16,21H,3,10-13,15H2,1-2H3,(H,22,25)/p+2/t16-/m0/s1. The third-order valence-corrected chi connectivity index (χ3v) is 5.14. The number of furan rings is 1. The Labute approximate surface area is 155 Å². The Morgan fingerprint density at radius 2 is 2.00 bits per heavy atom. The van der Waals surface area contributed by atoms with E-state index in [1.807, 2.05) is 36.5 Å². The van der Waals surface area contributed by atoms with E-state index in [0.717, 1.165) is 24.5 Å². The summed E-state index contributed by atoms with van der Waals surface area (Å²) in [7, 11) is 0. The molecular weight excluding hydrogens is 328 g/mol. The van der Waals surface area contributed by atoms with Gasteiger partial charge in [-0.2, -0.15) is 0 Å². The molecule has 2 heterocycles. The highest BCUT2D eigenvalue weighted by atomic mass is 16.3. The van der Waals surface area contributed by atoms with Crippen LogP contribution in [-0.4, -0.2) is 45.2 Å². The number of quaternary nitrogens is 2. The molecule has 26 heavy (non-hydrogen) atoms. The van der Waals surface area contributed by atoms with Crippen LogP contribution in [0.5, 0.6) is 0 Å². The molecule has 0 unspecified atom stereocenters. The van der Waals surface area contributed by atoms with E-state index in [1.54, 1.807) is 11.2 Å². The number of carbonyl (C=O) groups excluding carboxylic acids is 1. The number of hydrogen-bond donors (Lipinski definition) is 3. The largest absolute Gasteiger partial charge is 0.463 e. The fourth-order valence-electron chi connectivity index (χ4n) is 3.35. The molecule has 1 aromatic heterocycles. The van der Waals surface area contributed by atoms with Gasteiger partial charge in [-0.05, 0) is 50.2 Å². The minimum atomic E-state index is -0.00341. The summed E-state index contributed by atoms with van der Waals surface area (Å²) in [4.78, 5) is 16.2. The third kappa shape index (κ3) is 4.86. The van der Waals surface area contributed by atoms with Crippen molar-refractivity contribution in [1.29, 1.82) is 0 Å². The molecule has 1 atom stereocenters. The number of nitrogens with zero attached hydrogens (tertiary/aromatic N) is 1. The van der Waals surface area contributed by atoms with Crippen molar-refractivity contribution in [3.63, 3.8) is 0 Å². The normalized spacial score (nSPS) is 16.5. The highest BCUT2D eigenvalue weighted by Gasteiger charge is 2.18. The summed E-state index contributed by atoms with van der Waals surface area (Å²) in [5.74, 6) is 0.878. The van der Waals surface area contributed by atoms with Gasteiger partial charge in [0.05, 0.1) is 39.0 Å². The second-order valence-corrected chi connectivity index (χ2v) is 6.93. The van der Waals surface area contributed by atoms with Crippen molar-refractivity contribution in [1.82, 2.24) is 0 Å². The van der Waals surface area contributed by atoms with Gasteiger partial charge in [-0.25, -0.2) is 0 Å². The molecule has 0 aliphatic carbocycles. The van der Waals surface area contributed by atoms with Gasteiger partial charge in [0.1, 0.15) is 6.04 Å². The maximum absolute atomic E-state index is 12.2. The molecule has 2 aromatic rings. The van der Waals surface area contributed by atoms with Gasteiger partial charge in [-0.3, -0.25) is 4.79 Å². The lowest BCUT2D eigenvalue weighted by molar-refractivity contribution is -0.898. The molecule has 1 saturated heterocycles. The first kappa shape index (κ1) is 18.5. The lowest BCUT2D eigenvalue weighted by atomic mass is 10.2. The first-order chi connectivity index (χ1) is 12.7. The second-order valence-electron chi connectivity index (χ2n) is 6.93. The van der Waals surface area contributed by atoms with E-state index < -0.39 is 0 Å². The zero-order chi connectivity index (χ0) is 18.4. The van der Waals surface area contributed by atoms with Crippen molar-refractivity contribution in [2.45, 2.75) is 19.9 Å². The van der Waals surface area contributed by atoms with Gasteiger partial charge in [-0.15, -0.1) is 0 Å². The molecule has 6 nitrogen and oxygen atoms in total. The Morgan fingerprint density at radius 1 is 1.27 bits per heavy atom. The number of anilines is 2. The van der Waals surface area contributed by atoms with Crippen molar-refractivity contribution in [3.05, 3.63) is 48.4 Å². The summed E-state index contributed by atoms with van der Waals surface area (Å²) >= 11 is 0. The van der Waals surface area contributed by atoms with Gasteiger partial charge in [0.15, 0.2) is 12.3 Å². The molecule has 1 aliphatic heterocycles. The number of piperazine rings is 1. The predicted octanol–water partition coefficient (Wildman–Crippen LogP) is 0.268. The fourth-order valence-corrected chi connectivity index (χ4v) is 3.35. The minimum Gasteiger partial charge on any atom is -0.463 e. The van der Waals surface area contributed by atoms with Crippen molar-refractivity contribution < 1.29 is 19.4 Å². The summed E-state index contributed by atoms with van der Waals surface area (Å²) in [6.07, 6.45) is 1.66. The van der Waals surface area contributed by atoms with Crippen molar-refractivity contribution in [3.8, 4) is 0 Å². The number of hydrogen-bond acceptors (Lipinski definition) is 3. The van der Waals surface area contributed by atoms with E-state index in [2.05, 4.69) is 29.3 Å². The van der Waals surface area contributed by atoms with E-state index in [1.165, 1.54) is 25.3 Å². The van der Waals surface area contributed by atoms with Crippen LogP contribution in [0.15, 0.2) is 47.1 Å². The number of rotatable bonds is 7. The monoisotopic (exact) mass is 358 g/mol. The van der Waals surface area contributed by atoms with Gasteiger partial charge in [-0.1, -0.05) is 0 Å². The molecule has 0 radical (unpaired) electrons. The van der Waals surface area contributed by atoms with Crippen LogP contribution in [0.3, 0.4) is 0 Å². The topological polar surface area (TPSA) is 66.5 Å². The molecule has 1 fully saturated rings. The highest BCUT2D eigenvalue weighted by molar-refractivity contribution is 5.91. The van der Waals surface area contributed by atoms with E-state index in [0.29, 0.717) is 6.54 Å². The molecule has 1 aliphatic rings. The molecule has 4 N–H and O–H groups in total. The maximum Gasteiger partial charge on any atom is 0.279 e. The van der Waals surface area contributed by atoms with Crippen LogP contribution in [0, 0.1) is 0 Å². The van der Waals surface area contributed by atoms with E-state index in [-0.39, 0.29) is 11.9 Å². The lowest BCUT2D eigenvalue weighted by Crippen LogP contribution is -3.14. The summed E-state index contributed by atoms with van der Waals surface area (Å²) in [6, 6.07) is 12.1. The maximum atomic E-state index is 12.2. The lowest BCUT2D eigenvalue weighted by Gasteiger charge is -2.33. The number of likely N-dealkylation sites (N-methyl/N-ethyl adjacent to an activating group) is 1. The van der Waals surface area contributed by atoms with Crippen LogP contribution >= 0.6 is 0 Å². The van der Waals surface area contributed by atoms with Gasteiger partial charge in [0.2, 0.25) is 0 Å². The van der Waals surface area contributed by atoms with Gasteiger partial charge >= 0.3 is 0 Å². The van der Waals surface area contributed by atoms with Crippen LogP contribution in [0.25, 0.3) is 0 Å². The fraction of sp³-hybridized carbons (Fsp3) is 0.450. The zero-order valence-electron chi connectivity index (χ0n) is 15.7. The summed E-state index contributed by atoms with van der Waals surface area (Å²) in [5.41, 5.74) is 2.08. The molecule has 1 amide bonds. The molecule has 0 spiro atoms. The van der Waals surface area contributed by atoms with E-state index in [9.17, 15) is 4.79 Å².